The molecule has 3 rings (SSSR count). The van der Waals surface area contributed by atoms with E-state index in [0.29, 0.717) is 32.5 Å². The molecular weight excluding hydrogens is 419 g/mol. The lowest BCUT2D eigenvalue weighted by Crippen LogP contribution is -2.42. The molecule has 0 bridgehead atoms. The van der Waals surface area contributed by atoms with E-state index in [0.717, 1.165) is 18.4 Å². The van der Waals surface area contributed by atoms with Gasteiger partial charge in [0.05, 0.1) is 0 Å². The molecule has 1 aromatic carbocycles. The number of carboxylic acid groups (broad SMARTS) is 1. The minimum absolute atomic E-state index is 0.0108. The molecule has 32 heavy (non-hydrogen) atoms. The van der Waals surface area contributed by atoms with Gasteiger partial charge in [-0.3, -0.25) is 19.3 Å². The van der Waals surface area contributed by atoms with Crippen LogP contribution >= 0.6 is 0 Å². The number of aromatic nitrogens is 3. The standard InChI is InChI=1S/C20H27FN6O2.CH2O2/c1-26-17(10-20(29)22-11-15-3-2-4-16(21)9-15)5-6-18(26)12-23-19(28)7-8-27-13-24-25-14-27;2-1-3/h2-4,9,13-14,17-18H,5-8,10-12H2,1H3,(H,22,29)(H,23,28);1H,(H,2,3)/t17-,18+;/m1./s1. The molecule has 3 N–H and O–H groups in total. The Balaban J connectivity index is 0.00000114. The molecule has 0 spiro atoms. The lowest BCUT2D eigenvalue weighted by Gasteiger charge is -2.25. The number of hydrogen-bond acceptors (Lipinski definition) is 6. The van der Waals surface area contributed by atoms with Gasteiger partial charge in [0, 0.05) is 44.6 Å². The van der Waals surface area contributed by atoms with Crippen molar-refractivity contribution in [1.29, 1.82) is 0 Å². The molecule has 174 valence electrons. The Morgan fingerprint density at radius 1 is 1.19 bits per heavy atom. The molecular formula is C21H29FN6O4. The highest BCUT2D eigenvalue weighted by Crippen LogP contribution is 2.24. The van der Waals surface area contributed by atoms with Gasteiger partial charge in [0.15, 0.2) is 0 Å². The van der Waals surface area contributed by atoms with Gasteiger partial charge >= 0.3 is 0 Å². The maximum absolute atomic E-state index is 13.2. The summed E-state index contributed by atoms with van der Waals surface area (Å²) in [6.07, 6.45) is 5.78. The van der Waals surface area contributed by atoms with Gasteiger partial charge in [0.25, 0.3) is 6.47 Å². The van der Waals surface area contributed by atoms with E-state index in [9.17, 15) is 14.0 Å². The Morgan fingerprint density at radius 2 is 1.88 bits per heavy atom. The van der Waals surface area contributed by atoms with Crippen molar-refractivity contribution in [2.45, 2.75) is 50.9 Å². The van der Waals surface area contributed by atoms with E-state index in [4.69, 9.17) is 9.90 Å². The van der Waals surface area contributed by atoms with Crippen LogP contribution in [0.3, 0.4) is 0 Å². The lowest BCUT2D eigenvalue weighted by atomic mass is 10.1. The van der Waals surface area contributed by atoms with Gasteiger partial charge in [0.1, 0.15) is 18.5 Å². The number of carbonyl (C=O) groups is 3. The van der Waals surface area contributed by atoms with Crippen LogP contribution in [0.2, 0.25) is 0 Å². The fourth-order valence-electron chi connectivity index (χ4n) is 3.60. The quantitative estimate of drug-likeness (QED) is 0.484. The van der Waals surface area contributed by atoms with Gasteiger partial charge in [0.2, 0.25) is 11.8 Å². The van der Waals surface area contributed by atoms with E-state index in [2.05, 4.69) is 25.7 Å². The van der Waals surface area contributed by atoms with Crippen LogP contribution in [0, 0.1) is 5.82 Å². The highest BCUT2D eigenvalue weighted by Gasteiger charge is 2.31. The number of likely N-dealkylation sites (N-methyl/N-ethyl adjacent to an activating group) is 1. The Kier molecular flexibility index (Phi) is 10.2. The Hall–Kier alpha value is -3.34. The Bertz CT molecular complexity index is 864. The number of aryl methyl sites for hydroxylation is 1. The van der Waals surface area contributed by atoms with E-state index in [1.165, 1.54) is 12.1 Å². The third-order valence-electron chi connectivity index (χ3n) is 5.38. The predicted octanol–water partition coefficient (Wildman–Crippen LogP) is 0.794. The molecule has 1 saturated heterocycles. The summed E-state index contributed by atoms with van der Waals surface area (Å²) in [6, 6.07) is 6.58. The number of nitrogens with zero attached hydrogens (tertiary/aromatic N) is 4. The maximum atomic E-state index is 13.2. The normalized spacial score (nSPS) is 17.8. The predicted molar refractivity (Wildman–Crippen MR) is 114 cm³/mol. The average molecular weight is 448 g/mol. The number of hydrogen-bond donors (Lipinski definition) is 3. The fraction of sp³-hybridized carbons (Fsp3) is 0.476. The van der Waals surface area contributed by atoms with Crippen molar-refractivity contribution in [3.05, 3.63) is 48.3 Å². The maximum Gasteiger partial charge on any atom is 0.290 e. The molecule has 0 unspecified atom stereocenters. The molecule has 1 aromatic heterocycles. The molecule has 1 fully saturated rings. The highest BCUT2D eigenvalue weighted by atomic mass is 19.1. The van der Waals surface area contributed by atoms with Crippen molar-refractivity contribution in [2.75, 3.05) is 13.6 Å². The summed E-state index contributed by atoms with van der Waals surface area (Å²) in [5.74, 6) is -0.369. The number of rotatable bonds is 9. The molecule has 2 aromatic rings. The summed E-state index contributed by atoms with van der Waals surface area (Å²) in [5, 5.41) is 20.1. The molecule has 0 radical (unpaired) electrons. The molecule has 10 nitrogen and oxygen atoms in total. The zero-order valence-electron chi connectivity index (χ0n) is 18.0. The smallest absolute Gasteiger partial charge is 0.290 e. The monoisotopic (exact) mass is 448 g/mol. The third-order valence-corrected chi connectivity index (χ3v) is 5.38. The number of amides is 2. The van der Waals surface area contributed by atoms with Gasteiger partial charge < -0.3 is 20.3 Å². The topological polar surface area (TPSA) is 129 Å². The number of carbonyl (C=O) groups excluding carboxylic acids is 2. The molecule has 2 atom stereocenters. The molecule has 1 aliphatic rings. The first-order chi connectivity index (χ1) is 15.4. The number of halogens is 1. The summed E-state index contributed by atoms with van der Waals surface area (Å²) < 4.78 is 15.0. The highest BCUT2D eigenvalue weighted by molar-refractivity contribution is 5.76. The SMILES string of the molecule is CN1[C@@H](CC(=O)NCc2cccc(F)c2)CC[C@H]1CNC(=O)CCn1cnnc1.O=CO. The van der Waals surface area contributed by atoms with Gasteiger partial charge in [-0.15, -0.1) is 10.2 Å². The van der Waals surface area contributed by atoms with Crippen molar-refractivity contribution in [1.82, 2.24) is 30.3 Å². The first kappa shape index (κ1) is 24.9. The lowest BCUT2D eigenvalue weighted by molar-refractivity contribution is -0.123. The van der Waals surface area contributed by atoms with E-state index < -0.39 is 0 Å². The van der Waals surface area contributed by atoms with Crippen molar-refractivity contribution >= 4 is 18.3 Å². The second kappa shape index (κ2) is 13.2. The Morgan fingerprint density at radius 3 is 2.56 bits per heavy atom. The van der Waals surface area contributed by atoms with Crippen molar-refractivity contribution < 1.29 is 23.9 Å². The van der Waals surface area contributed by atoms with Crippen LogP contribution in [0.15, 0.2) is 36.9 Å². The van der Waals surface area contributed by atoms with Crippen molar-refractivity contribution in [3.63, 3.8) is 0 Å². The summed E-state index contributed by atoms with van der Waals surface area (Å²) >= 11 is 0. The van der Waals surface area contributed by atoms with Gasteiger partial charge in [-0.2, -0.15) is 0 Å². The van der Waals surface area contributed by atoms with Crippen LogP contribution in [0.1, 0.15) is 31.2 Å². The summed E-state index contributed by atoms with van der Waals surface area (Å²) in [4.78, 5) is 34.8. The van der Waals surface area contributed by atoms with Crippen molar-refractivity contribution in [3.8, 4) is 0 Å². The molecule has 0 saturated carbocycles. The van der Waals surface area contributed by atoms with Crippen LogP contribution < -0.4 is 10.6 Å². The molecule has 1 aliphatic heterocycles. The van der Waals surface area contributed by atoms with E-state index >= 15 is 0 Å². The summed E-state index contributed by atoms with van der Waals surface area (Å²) in [6.45, 7) is 1.19. The minimum Gasteiger partial charge on any atom is -0.483 e. The van der Waals surface area contributed by atoms with Crippen LogP contribution in [0.25, 0.3) is 0 Å². The first-order valence-corrected chi connectivity index (χ1v) is 10.3. The fourth-order valence-corrected chi connectivity index (χ4v) is 3.60. The average Bonchev–Trinajstić information content (AvgIpc) is 3.40. The molecule has 2 amide bonds. The zero-order chi connectivity index (χ0) is 23.3. The van der Waals surface area contributed by atoms with Crippen LogP contribution in [0.4, 0.5) is 4.39 Å². The molecule has 2 heterocycles. The number of likely N-dealkylation sites (tertiary alicyclic amines) is 1. The summed E-state index contributed by atoms with van der Waals surface area (Å²) in [7, 11) is 1.99. The zero-order valence-corrected chi connectivity index (χ0v) is 18.0. The Labute approximate surface area is 185 Å². The van der Waals surface area contributed by atoms with E-state index in [-0.39, 0.29) is 36.2 Å². The second-order valence-corrected chi connectivity index (χ2v) is 7.52. The minimum atomic E-state index is -0.307. The largest absolute Gasteiger partial charge is 0.483 e. The van der Waals surface area contributed by atoms with Gasteiger partial charge in [-0.25, -0.2) is 4.39 Å². The van der Waals surface area contributed by atoms with Crippen LogP contribution in [-0.2, 0) is 27.5 Å². The first-order valence-electron chi connectivity index (χ1n) is 10.3. The summed E-state index contributed by atoms with van der Waals surface area (Å²) in [5.41, 5.74) is 0.741. The molecule has 11 heteroatoms. The van der Waals surface area contributed by atoms with E-state index in [1.807, 2.05) is 7.05 Å². The van der Waals surface area contributed by atoms with Gasteiger partial charge in [-0.1, -0.05) is 12.1 Å². The van der Waals surface area contributed by atoms with E-state index in [1.54, 1.807) is 29.4 Å². The number of benzene rings is 1. The van der Waals surface area contributed by atoms with Crippen LogP contribution in [0.5, 0.6) is 0 Å². The van der Waals surface area contributed by atoms with Gasteiger partial charge in [-0.05, 0) is 37.6 Å². The second-order valence-electron chi connectivity index (χ2n) is 7.52. The number of nitrogens with one attached hydrogen (secondary N) is 2. The van der Waals surface area contributed by atoms with Crippen LogP contribution in [-0.4, -0.2) is 68.7 Å². The van der Waals surface area contributed by atoms with Crippen molar-refractivity contribution in [2.24, 2.45) is 0 Å². The third kappa shape index (κ3) is 8.42. The molecule has 0 aliphatic carbocycles.